The van der Waals surface area contributed by atoms with Gasteiger partial charge in [0.1, 0.15) is 11.3 Å². The molecule has 2 aliphatic carbocycles. The molecule has 0 unspecified atom stereocenters. The first kappa shape index (κ1) is 40.5. The van der Waals surface area contributed by atoms with Crippen LogP contribution in [0.15, 0.2) is 42.5 Å². The summed E-state index contributed by atoms with van der Waals surface area (Å²) in [5.41, 5.74) is 1.67. The smallest absolute Gasteiger partial charge is 0.283 e. The molecule has 0 radical (unpaired) electrons. The van der Waals surface area contributed by atoms with Crippen LogP contribution in [-0.4, -0.2) is 119 Å². The Balaban J connectivity index is 1.30. The zero-order valence-corrected chi connectivity index (χ0v) is 34.8. The first-order valence-corrected chi connectivity index (χ1v) is 22.2. The van der Waals surface area contributed by atoms with Gasteiger partial charge in [0.05, 0.1) is 11.9 Å². The van der Waals surface area contributed by atoms with Crippen molar-refractivity contribution in [3.8, 4) is 5.75 Å². The molecule has 55 heavy (non-hydrogen) atoms. The van der Waals surface area contributed by atoms with Crippen molar-refractivity contribution in [2.75, 3.05) is 78.1 Å². The molecule has 3 aliphatic heterocycles. The average Bonchev–Trinajstić information content (AvgIpc) is 3.29. The molecule has 5 aliphatic rings. The van der Waals surface area contributed by atoms with Crippen molar-refractivity contribution in [1.82, 2.24) is 19.5 Å². The van der Waals surface area contributed by atoms with E-state index in [0.29, 0.717) is 43.7 Å². The van der Waals surface area contributed by atoms with Crippen molar-refractivity contribution in [3.63, 3.8) is 0 Å². The van der Waals surface area contributed by atoms with E-state index >= 15 is 0 Å². The van der Waals surface area contributed by atoms with E-state index in [2.05, 4.69) is 57.6 Å². The monoisotopic (exact) mass is 797 g/mol. The highest BCUT2D eigenvalue weighted by atomic mass is 35.5. The van der Waals surface area contributed by atoms with Crippen molar-refractivity contribution >= 4 is 33.3 Å². The lowest BCUT2D eigenvalue weighted by Gasteiger charge is -2.52. The minimum atomic E-state index is -4.10. The number of hydrogen-bond donors (Lipinski definition) is 1. The summed E-state index contributed by atoms with van der Waals surface area (Å²) < 4.78 is 49.2. The van der Waals surface area contributed by atoms with Crippen LogP contribution in [0.5, 0.6) is 5.75 Å². The number of aromatic nitrogens is 1. The summed E-state index contributed by atoms with van der Waals surface area (Å²) in [4.78, 5) is 26.2. The Morgan fingerprint density at radius 3 is 2.62 bits per heavy atom. The summed E-state index contributed by atoms with van der Waals surface area (Å²) in [6.07, 6.45) is 10.1. The van der Waals surface area contributed by atoms with E-state index in [1.807, 2.05) is 20.1 Å². The van der Waals surface area contributed by atoms with Crippen molar-refractivity contribution in [2.45, 2.75) is 88.0 Å². The molecule has 302 valence electrons. The maximum Gasteiger partial charge on any atom is 0.283 e. The number of nitrogens with zero attached hydrogens (tertiary/aromatic N) is 4. The lowest BCUT2D eigenvalue weighted by atomic mass is 9.63. The molecule has 2 aromatic rings. The minimum Gasteiger partial charge on any atom is -0.489 e. The third-order valence-corrected chi connectivity index (χ3v) is 15.6. The normalized spacial score (nSPS) is 32.1. The molecule has 2 fully saturated rings. The number of allylic oxidation sites excluding steroid dienone is 1. The van der Waals surface area contributed by atoms with Gasteiger partial charge in [-0.1, -0.05) is 36.7 Å². The number of rotatable bonds is 7. The number of nitrogens with one attached hydrogen (secondary N) is 1. The summed E-state index contributed by atoms with van der Waals surface area (Å²) in [6, 6.07) is 10.1. The van der Waals surface area contributed by atoms with Crippen LogP contribution in [0.25, 0.3) is 0 Å². The molecule has 1 N–H and O–H groups in total. The number of amides is 1. The van der Waals surface area contributed by atoms with Gasteiger partial charge < -0.3 is 19.1 Å². The van der Waals surface area contributed by atoms with Crippen LogP contribution in [0.2, 0.25) is 5.02 Å². The average molecular weight is 798 g/mol. The van der Waals surface area contributed by atoms with Crippen LogP contribution in [0.3, 0.4) is 0 Å². The number of carbonyl (C=O) groups is 1. The summed E-state index contributed by atoms with van der Waals surface area (Å²) in [7, 11) is -0.697. The molecule has 1 spiro atoms. The van der Waals surface area contributed by atoms with Gasteiger partial charge in [-0.25, -0.2) is 18.1 Å². The number of sulfonamides is 1. The number of anilines is 1. The Hall–Kier alpha value is -2.74. The summed E-state index contributed by atoms with van der Waals surface area (Å²) in [6.45, 7) is 13.3. The molecule has 1 saturated carbocycles. The fraction of sp³-hybridized carbons (Fsp3) is 0.667. The van der Waals surface area contributed by atoms with Crippen LogP contribution >= 0.6 is 11.6 Å². The van der Waals surface area contributed by atoms with Crippen LogP contribution in [0.4, 0.5) is 5.82 Å². The van der Waals surface area contributed by atoms with Gasteiger partial charge in [-0.15, -0.1) is 0 Å². The quantitative estimate of drug-likeness (QED) is 0.350. The van der Waals surface area contributed by atoms with Crippen LogP contribution < -0.4 is 14.4 Å². The molecule has 1 aromatic carbocycles. The first-order valence-electron chi connectivity index (χ1n) is 20.3. The van der Waals surface area contributed by atoms with Crippen molar-refractivity contribution in [1.29, 1.82) is 0 Å². The Morgan fingerprint density at radius 1 is 1.11 bits per heavy atom. The van der Waals surface area contributed by atoms with E-state index in [1.165, 1.54) is 11.1 Å². The Morgan fingerprint density at radius 2 is 1.91 bits per heavy atom. The molecule has 1 amide bonds. The molecule has 13 heteroatoms. The second-order valence-corrected chi connectivity index (χ2v) is 19.4. The van der Waals surface area contributed by atoms with Gasteiger partial charge in [-0.3, -0.25) is 14.6 Å². The van der Waals surface area contributed by atoms with E-state index in [4.69, 9.17) is 30.8 Å². The molecular weight excluding hydrogens is 738 g/mol. The maximum absolute atomic E-state index is 14.0. The summed E-state index contributed by atoms with van der Waals surface area (Å²) in [5.74, 6) is 0.654. The molecule has 11 nitrogen and oxygen atoms in total. The lowest BCUT2D eigenvalue weighted by molar-refractivity contribution is -0.0961. The van der Waals surface area contributed by atoms with E-state index in [1.54, 1.807) is 19.2 Å². The Labute approximate surface area is 333 Å². The van der Waals surface area contributed by atoms with E-state index in [0.717, 1.165) is 69.9 Å². The van der Waals surface area contributed by atoms with Gasteiger partial charge >= 0.3 is 0 Å². The zero-order valence-electron chi connectivity index (χ0n) is 33.3. The summed E-state index contributed by atoms with van der Waals surface area (Å²) >= 11 is 6.51. The molecule has 2 bridgehead atoms. The summed E-state index contributed by atoms with van der Waals surface area (Å²) in [5, 5.41) is -0.122. The highest BCUT2D eigenvalue weighted by Gasteiger charge is 2.50. The van der Waals surface area contributed by atoms with Crippen LogP contribution in [0, 0.1) is 17.8 Å². The highest BCUT2D eigenvalue weighted by molar-refractivity contribution is 7.90. The van der Waals surface area contributed by atoms with E-state index in [9.17, 15) is 13.2 Å². The largest absolute Gasteiger partial charge is 0.489 e. The van der Waals surface area contributed by atoms with E-state index in [-0.39, 0.29) is 41.9 Å². The third-order valence-electron chi connectivity index (χ3n) is 13.4. The third kappa shape index (κ3) is 8.32. The minimum absolute atomic E-state index is 0.0461. The second-order valence-electron chi connectivity index (χ2n) is 17.0. The predicted octanol–water partition coefficient (Wildman–Crippen LogP) is 5.71. The van der Waals surface area contributed by atoms with Crippen LogP contribution in [-0.2, 0) is 31.3 Å². The number of piperazine rings is 1. The van der Waals surface area contributed by atoms with Gasteiger partial charge in [-0.05, 0) is 112 Å². The Kier molecular flexibility index (Phi) is 12.2. The molecule has 7 rings (SSSR count). The van der Waals surface area contributed by atoms with Gasteiger partial charge in [0.2, 0.25) is 10.0 Å². The van der Waals surface area contributed by atoms with Gasteiger partial charge in [-0.2, -0.15) is 0 Å². The molecule has 4 heterocycles. The molecule has 6 atom stereocenters. The Bertz CT molecular complexity index is 1840. The number of benzene rings is 1. The van der Waals surface area contributed by atoms with Crippen LogP contribution in [0.1, 0.15) is 80.9 Å². The predicted molar refractivity (Wildman–Crippen MR) is 217 cm³/mol. The SMILES string of the molecule is COCC[C@@H]1[C@@H](C)C/C=C/[C@](CN2CCN(C(C)C)CC2)(OC)[C@@H]2CC[C@H]2CN2C[C@@]3(CCCc4cc(Cl)ccc43)COc3ccc(nc32)C(=O)NS1(=O)=O. The highest BCUT2D eigenvalue weighted by Crippen LogP contribution is 2.49. The van der Waals surface area contributed by atoms with Crippen molar-refractivity contribution < 1.29 is 27.4 Å². The van der Waals surface area contributed by atoms with Crippen molar-refractivity contribution in [2.24, 2.45) is 17.8 Å². The molecule has 1 saturated heterocycles. The number of fused-ring (bicyclic) bond motifs is 4. The number of aryl methyl sites for hydroxylation is 1. The van der Waals surface area contributed by atoms with Gasteiger partial charge in [0.15, 0.2) is 11.6 Å². The number of pyridine rings is 1. The van der Waals surface area contributed by atoms with Crippen molar-refractivity contribution in [3.05, 3.63) is 64.3 Å². The fourth-order valence-electron chi connectivity index (χ4n) is 10.1. The fourth-order valence-corrected chi connectivity index (χ4v) is 11.9. The number of carbonyl (C=O) groups excluding carboxylic acids is 1. The van der Waals surface area contributed by atoms with Gasteiger partial charge in [0, 0.05) is 83.1 Å². The zero-order chi connectivity index (χ0) is 39.0. The standard InChI is InChI=1S/C42H60ClN5O6S/c1-29(2)47-21-19-46(20-22-47)27-42(53-5)18-6-8-30(3)38(16-23-52-4)55(50,51)45-40(49)36-14-15-37-39(44-36)48(25-32-10-12-35(32)42)26-41(28-54-37)17-7-9-31-24-33(43)11-13-34(31)41/h6,11,13-15,18,24,29-30,32,35,38H,7-10,12,16-17,19-23,25-28H2,1-5H3,(H,45,49)/b18-6+/t30-,32-,35+,38+,41-,42+/m0/s1. The lowest BCUT2D eigenvalue weighted by Crippen LogP contribution is -2.59. The topological polar surface area (TPSA) is 114 Å². The van der Waals surface area contributed by atoms with Gasteiger partial charge in [0.25, 0.3) is 5.91 Å². The second kappa shape index (κ2) is 16.6. The van der Waals surface area contributed by atoms with E-state index < -0.39 is 26.8 Å². The molecule has 1 aromatic heterocycles. The number of hydrogen-bond acceptors (Lipinski definition) is 10. The first-order chi connectivity index (χ1) is 26.4. The molecular formula is C42H60ClN5O6S. The number of ether oxygens (including phenoxy) is 3. The maximum atomic E-state index is 14.0. The number of halogens is 1. The number of methoxy groups -OCH3 is 2.